The van der Waals surface area contributed by atoms with Crippen molar-refractivity contribution in [2.45, 2.75) is 13.0 Å². The first-order valence-corrected chi connectivity index (χ1v) is 9.05. The number of ether oxygens (including phenoxy) is 1. The molecule has 3 aromatic rings. The van der Waals surface area contributed by atoms with E-state index in [1.165, 1.54) is 11.3 Å². The average Bonchev–Trinajstić information content (AvgIpc) is 3.04. The summed E-state index contributed by atoms with van der Waals surface area (Å²) in [7, 11) is 0. The van der Waals surface area contributed by atoms with Gasteiger partial charge in [0.1, 0.15) is 6.10 Å². The van der Waals surface area contributed by atoms with Gasteiger partial charge in [-0.05, 0) is 36.6 Å². The number of aromatic nitrogens is 1. The highest BCUT2D eigenvalue weighted by atomic mass is 32.1. The van der Waals surface area contributed by atoms with Crippen LogP contribution in [0.15, 0.2) is 42.5 Å². The van der Waals surface area contributed by atoms with Crippen LogP contribution in [0.5, 0.6) is 0 Å². The standard InChI is InChI=1S/C19H19N3O2S/c1-12-8-14(20)10-15(21-12)16-11-22(6-7-24-16)19(23)18-9-13-4-2-3-5-17(13)25-18/h2-5,8-10,16H,6-7,11H2,1H3,(H2,20,21)/t16-/m0/s1. The largest absolute Gasteiger partial charge is 0.399 e. The first-order chi connectivity index (χ1) is 12.1. The molecular formula is C19H19N3O2S. The van der Waals surface area contributed by atoms with Gasteiger partial charge in [0.15, 0.2) is 0 Å². The van der Waals surface area contributed by atoms with Crippen LogP contribution in [0.1, 0.15) is 27.2 Å². The number of thiophene rings is 1. The number of carbonyl (C=O) groups is 1. The van der Waals surface area contributed by atoms with E-state index in [0.29, 0.717) is 25.4 Å². The lowest BCUT2D eigenvalue weighted by atomic mass is 10.1. The van der Waals surface area contributed by atoms with Gasteiger partial charge in [-0.2, -0.15) is 0 Å². The van der Waals surface area contributed by atoms with Crippen molar-refractivity contribution in [3.63, 3.8) is 0 Å². The van der Waals surface area contributed by atoms with Gasteiger partial charge in [-0.15, -0.1) is 11.3 Å². The molecule has 128 valence electrons. The second kappa shape index (κ2) is 6.46. The molecule has 1 fully saturated rings. The summed E-state index contributed by atoms with van der Waals surface area (Å²) in [6.07, 6.45) is -0.241. The third kappa shape index (κ3) is 3.23. The molecule has 1 atom stereocenters. The van der Waals surface area contributed by atoms with Gasteiger partial charge in [0.2, 0.25) is 0 Å². The molecule has 2 N–H and O–H groups in total. The maximum absolute atomic E-state index is 12.9. The Labute approximate surface area is 150 Å². The second-order valence-electron chi connectivity index (χ2n) is 6.23. The Morgan fingerprint density at radius 1 is 1.32 bits per heavy atom. The fourth-order valence-electron chi connectivity index (χ4n) is 3.14. The summed E-state index contributed by atoms with van der Waals surface area (Å²) in [5.74, 6) is 0.0510. The summed E-state index contributed by atoms with van der Waals surface area (Å²) < 4.78 is 6.97. The van der Waals surface area contributed by atoms with Crippen LogP contribution in [-0.4, -0.2) is 35.5 Å². The van der Waals surface area contributed by atoms with E-state index in [1.54, 1.807) is 0 Å². The minimum Gasteiger partial charge on any atom is -0.399 e. The van der Waals surface area contributed by atoms with E-state index in [-0.39, 0.29) is 12.0 Å². The van der Waals surface area contributed by atoms with Crippen LogP contribution < -0.4 is 5.73 Å². The zero-order valence-corrected chi connectivity index (χ0v) is 14.8. The smallest absolute Gasteiger partial charge is 0.264 e. The third-order valence-corrected chi connectivity index (χ3v) is 5.42. The molecule has 1 aromatic carbocycles. The van der Waals surface area contributed by atoms with Crippen LogP contribution >= 0.6 is 11.3 Å². The van der Waals surface area contributed by atoms with Gasteiger partial charge < -0.3 is 15.4 Å². The van der Waals surface area contributed by atoms with Crippen molar-refractivity contribution in [2.75, 3.05) is 25.4 Å². The zero-order valence-electron chi connectivity index (χ0n) is 13.9. The first-order valence-electron chi connectivity index (χ1n) is 8.24. The summed E-state index contributed by atoms with van der Waals surface area (Å²) in [5.41, 5.74) is 8.22. The molecule has 0 unspecified atom stereocenters. The Bertz CT molecular complexity index is 884. The van der Waals surface area contributed by atoms with Crippen molar-refractivity contribution in [2.24, 2.45) is 0 Å². The molecule has 0 bridgehead atoms. The van der Waals surface area contributed by atoms with Gasteiger partial charge >= 0.3 is 0 Å². The van der Waals surface area contributed by atoms with E-state index in [1.807, 2.05) is 54.3 Å². The van der Waals surface area contributed by atoms with Crippen LogP contribution in [0, 0.1) is 6.92 Å². The van der Waals surface area contributed by atoms with Gasteiger partial charge in [0, 0.05) is 22.6 Å². The Morgan fingerprint density at radius 2 is 2.16 bits per heavy atom. The molecule has 1 saturated heterocycles. The quantitative estimate of drug-likeness (QED) is 0.767. The predicted octanol–water partition coefficient (Wildman–Crippen LogP) is 3.40. The summed E-state index contributed by atoms with van der Waals surface area (Å²) >= 11 is 1.53. The van der Waals surface area contributed by atoms with Crippen LogP contribution in [0.2, 0.25) is 0 Å². The number of fused-ring (bicyclic) bond motifs is 1. The lowest BCUT2D eigenvalue weighted by Crippen LogP contribution is -2.42. The van der Waals surface area contributed by atoms with Gasteiger partial charge in [-0.1, -0.05) is 18.2 Å². The fraction of sp³-hybridized carbons (Fsp3) is 0.263. The van der Waals surface area contributed by atoms with E-state index >= 15 is 0 Å². The molecule has 25 heavy (non-hydrogen) atoms. The number of pyridine rings is 1. The van der Waals surface area contributed by atoms with E-state index in [2.05, 4.69) is 4.98 Å². The van der Waals surface area contributed by atoms with Gasteiger partial charge in [-0.3, -0.25) is 9.78 Å². The Kier molecular flexibility index (Phi) is 4.15. The summed E-state index contributed by atoms with van der Waals surface area (Å²) in [5, 5.41) is 1.11. The number of hydrogen-bond donors (Lipinski definition) is 1. The summed E-state index contributed by atoms with van der Waals surface area (Å²) in [6, 6.07) is 13.7. The first kappa shape index (κ1) is 16.1. The fourth-order valence-corrected chi connectivity index (χ4v) is 4.17. The molecule has 2 aromatic heterocycles. The van der Waals surface area contributed by atoms with E-state index in [9.17, 15) is 4.79 Å². The van der Waals surface area contributed by atoms with Crippen LogP contribution in [-0.2, 0) is 4.74 Å². The normalized spacial score (nSPS) is 17.8. The number of nitrogens with zero attached hydrogens (tertiary/aromatic N) is 2. The number of carbonyl (C=O) groups excluding carboxylic acids is 1. The average molecular weight is 353 g/mol. The summed E-state index contributed by atoms with van der Waals surface area (Å²) in [6.45, 7) is 3.48. The summed E-state index contributed by atoms with van der Waals surface area (Å²) in [4.78, 5) is 20.0. The number of aryl methyl sites for hydroxylation is 1. The van der Waals surface area contributed by atoms with Crippen molar-refractivity contribution >= 4 is 33.0 Å². The highest BCUT2D eigenvalue weighted by molar-refractivity contribution is 7.20. The maximum Gasteiger partial charge on any atom is 0.264 e. The number of morpholine rings is 1. The SMILES string of the molecule is Cc1cc(N)cc([C@@H]2CN(C(=O)c3cc4ccccc4s3)CCO2)n1. The molecule has 0 spiro atoms. The van der Waals surface area contributed by atoms with Crippen LogP contribution in [0.25, 0.3) is 10.1 Å². The van der Waals surface area contributed by atoms with Crippen molar-refractivity contribution < 1.29 is 9.53 Å². The van der Waals surface area contributed by atoms with E-state index in [0.717, 1.165) is 26.4 Å². The molecule has 1 amide bonds. The van der Waals surface area contributed by atoms with E-state index < -0.39 is 0 Å². The molecule has 0 saturated carbocycles. The molecule has 0 radical (unpaired) electrons. The van der Waals surface area contributed by atoms with Gasteiger partial charge in [0.05, 0.1) is 23.7 Å². The van der Waals surface area contributed by atoms with Crippen molar-refractivity contribution in [1.29, 1.82) is 0 Å². The molecular weight excluding hydrogens is 334 g/mol. The number of benzene rings is 1. The van der Waals surface area contributed by atoms with Crippen molar-refractivity contribution in [3.05, 3.63) is 58.7 Å². The highest BCUT2D eigenvalue weighted by Gasteiger charge is 2.28. The number of anilines is 1. The molecule has 1 aliphatic rings. The van der Waals surface area contributed by atoms with Crippen molar-refractivity contribution in [1.82, 2.24) is 9.88 Å². The van der Waals surface area contributed by atoms with E-state index in [4.69, 9.17) is 10.5 Å². The molecule has 5 nitrogen and oxygen atoms in total. The number of rotatable bonds is 2. The number of nitrogens with two attached hydrogens (primary N) is 1. The highest BCUT2D eigenvalue weighted by Crippen LogP contribution is 2.28. The molecule has 3 heterocycles. The monoisotopic (exact) mass is 353 g/mol. The van der Waals surface area contributed by atoms with Crippen LogP contribution in [0.3, 0.4) is 0 Å². The molecule has 1 aliphatic heterocycles. The topological polar surface area (TPSA) is 68.5 Å². The maximum atomic E-state index is 12.9. The predicted molar refractivity (Wildman–Crippen MR) is 99.8 cm³/mol. The van der Waals surface area contributed by atoms with Gasteiger partial charge in [-0.25, -0.2) is 0 Å². The van der Waals surface area contributed by atoms with Gasteiger partial charge in [0.25, 0.3) is 5.91 Å². The van der Waals surface area contributed by atoms with Crippen molar-refractivity contribution in [3.8, 4) is 0 Å². The number of amides is 1. The Morgan fingerprint density at radius 3 is 2.96 bits per heavy atom. The zero-order chi connectivity index (χ0) is 17.4. The second-order valence-corrected chi connectivity index (χ2v) is 7.31. The molecule has 4 rings (SSSR count). The Balaban J connectivity index is 1.57. The minimum absolute atomic E-state index is 0.0510. The number of nitrogen functional groups attached to an aromatic ring is 1. The lowest BCUT2D eigenvalue weighted by molar-refractivity contribution is -0.0245. The number of hydrogen-bond acceptors (Lipinski definition) is 5. The minimum atomic E-state index is -0.241. The Hall–Kier alpha value is -2.44. The van der Waals surface area contributed by atoms with Crippen LogP contribution in [0.4, 0.5) is 5.69 Å². The molecule has 6 heteroatoms. The lowest BCUT2D eigenvalue weighted by Gasteiger charge is -2.32. The molecule has 0 aliphatic carbocycles. The third-order valence-electron chi connectivity index (χ3n) is 4.32.